The first-order chi connectivity index (χ1) is 14.7. The van der Waals surface area contributed by atoms with Crippen molar-refractivity contribution < 1.29 is 27.1 Å². The number of carbonyl (C=O) groups is 1. The number of rotatable bonds is 7. The molecule has 2 aromatic heterocycles. The van der Waals surface area contributed by atoms with Crippen molar-refractivity contribution in [2.24, 2.45) is 0 Å². The number of hydrogen-bond acceptors (Lipinski definition) is 6. The van der Waals surface area contributed by atoms with Gasteiger partial charge in [-0.1, -0.05) is 24.8 Å². The summed E-state index contributed by atoms with van der Waals surface area (Å²) in [6.07, 6.45) is -3.57. The molecule has 0 aliphatic carbocycles. The monoisotopic (exact) mass is 432 g/mol. The quantitative estimate of drug-likeness (QED) is 0.588. The minimum Gasteiger partial charge on any atom is -0.431 e. The van der Waals surface area contributed by atoms with E-state index in [4.69, 9.17) is 9.15 Å². The number of carbonyl (C=O) groups excluding carboxylic acids is 1. The fourth-order valence-corrected chi connectivity index (χ4v) is 2.64. The Morgan fingerprint density at radius 3 is 2.52 bits per heavy atom. The molecule has 0 spiro atoms. The molecule has 1 aromatic carbocycles. The van der Waals surface area contributed by atoms with Crippen molar-refractivity contribution in [2.75, 3.05) is 31.0 Å². The van der Waals surface area contributed by atoms with Crippen LogP contribution in [0.3, 0.4) is 0 Å². The molecule has 31 heavy (non-hydrogen) atoms. The lowest BCUT2D eigenvalue weighted by Gasteiger charge is -2.20. The van der Waals surface area contributed by atoms with E-state index in [0.717, 1.165) is 0 Å². The molecule has 0 aliphatic rings. The number of hydrogen-bond donors (Lipinski definition) is 1. The Balaban J connectivity index is 1.83. The highest BCUT2D eigenvalue weighted by Crippen LogP contribution is 2.35. The molecule has 10 heteroatoms. The smallest absolute Gasteiger partial charge is 0.431 e. The number of nitrogens with one attached hydrogen (secondary N) is 1. The summed E-state index contributed by atoms with van der Waals surface area (Å²) in [7, 11) is 3.27. The summed E-state index contributed by atoms with van der Waals surface area (Å²) in [6.45, 7) is 4.16. The van der Waals surface area contributed by atoms with Gasteiger partial charge < -0.3 is 19.4 Å². The van der Waals surface area contributed by atoms with Gasteiger partial charge in [-0.2, -0.15) is 13.2 Å². The molecule has 0 aliphatic heterocycles. The summed E-state index contributed by atoms with van der Waals surface area (Å²) in [5.74, 6) is -2.32. The van der Waals surface area contributed by atoms with E-state index in [9.17, 15) is 18.0 Å². The van der Waals surface area contributed by atoms with E-state index >= 15 is 0 Å². The van der Waals surface area contributed by atoms with E-state index < -0.39 is 23.5 Å². The van der Waals surface area contributed by atoms with Crippen LogP contribution in [0.15, 0.2) is 65.4 Å². The number of methoxy groups -OCH3 is 1. The number of amides is 1. The maximum Gasteiger partial charge on any atom is 0.452 e. The molecule has 2 heterocycles. The Hall–Kier alpha value is -3.66. The molecule has 0 radical (unpaired) electrons. The van der Waals surface area contributed by atoms with E-state index in [0.29, 0.717) is 23.7 Å². The average Bonchev–Trinajstić information content (AvgIpc) is 3.21. The first-order valence-corrected chi connectivity index (χ1v) is 9.02. The summed E-state index contributed by atoms with van der Waals surface area (Å²) >= 11 is 0. The van der Waals surface area contributed by atoms with Crippen molar-refractivity contribution in [2.45, 2.75) is 6.18 Å². The van der Waals surface area contributed by atoms with Gasteiger partial charge in [0.15, 0.2) is 5.69 Å². The van der Waals surface area contributed by atoms with Gasteiger partial charge in [-0.05, 0) is 24.3 Å². The molecule has 0 atom stereocenters. The first-order valence-electron chi connectivity index (χ1n) is 9.02. The van der Waals surface area contributed by atoms with Crippen LogP contribution in [0.2, 0.25) is 0 Å². The van der Waals surface area contributed by atoms with Crippen LogP contribution in [0.1, 0.15) is 16.2 Å². The fourth-order valence-electron chi connectivity index (χ4n) is 2.64. The predicted octanol–water partition coefficient (Wildman–Crippen LogP) is 4.60. The molecule has 3 aromatic rings. The predicted molar refractivity (Wildman–Crippen MR) is 109 cm³/mol. The topological polar surface area (TPSA) is 80.5 Å². The van der Waals surface area contributed by atoms with E-state index in [-0.39, 0.29) is 11.6 Å². The zero-order valence-corrected chi connectivity index (χ0v) is 16.7. The third-order valence-electron chi connectivity index (χ3n) is 4.26. The second-order valence-electron chi connectivity index (χ2n) is 6.48. The number of likely N-dealkylation sites (N-methyl/N-ethyl adjacent to an activating group) is 1. The second kappa shape index (κ2) is 9.00. The summed E-state index contributed by atoms with van der Waals surface area (Å²) in [4.78, 5) is 22.2. The third-order valence-corrected chi connectivity index (χ3v) is 4.26. The highest BCUT2D eigenvalue weighted by Gasteiger charge is 2.42. The van der Waals surface area contributed by atoms with Gasteiger partial charge in [0.2, 0.25) is 11.7 Å². The number of anilines is 2. The van der Waals surface area contributed by atoms with Crippen molar-refractivity contribution in [3.63, 3.8) is 0 Å². The van der Waals surface area contributed by atoms with Crippen molar-refractivity contribution in [1.29, 1.82) is 0 Å². The number of nitrogens with zero attached hydrogens (tertiary/aromatic N) is 3. The number of ether oxygens (including phenoxy) is 1. The summed E-state index contributed by atoms with van der Waals surface area (Å²) in [5, 5.41) is 2.37. The molecule has 7 nitrogen and oxygen atoms in total. The maximum atomic E-state index is 13.4. The molecule has 1 N–H and O–H groups in total. The van der Waals surface area contributed by atoms with Gasteiger partial charge >= 0.3 is 6.18 Å². The highest BCUT2D eigenvalue weighted by molar-refractivity contribution is 6.04. The lowest BCUT2D eigenvalue weighted by Crippen LogP contribution is -2.20. The number of halogens is 3. The normalized spacial score (nSPS) is 11.3. The molecule has 0 fully saturated rings. The van der Waals surface area contributed by atoms with Crippen LogP contribution < -0.4 is 10.2 Å². The van der Waals surface area contributed by atoms with Crippen molar-refractivity contribution >= 4 is 17.4 Å². The van der Waals surface area contributed by atoms with Crippen LogP contribution >= 0.6 is 0 Å². The van der Waals surface area contributed by atoms with E-state index in [2.05, 4.69) is 21.9 Å². The van der Waals surface area contributed by atoms with Crippen molar-refractivity contribution in [3.8, 4) is 11.5 Å². The van der Waals surface area contributed by atoms with Crippen LogP contribution in [0.5, 0.6) is 0 Å². The van der Waals surface area contributed by atoms with Gasteiger partial charge in [0.05, 0.1) is 18.5 Å². The van der Waals surface area contributed by atoms with E-state index in [1.54, 1.807) is 36.2 Å². The van der Waals surface area contributed by atoms with Crippen LogP contribution in [0.25, 0.3) is 11.5 Å². The number of oxazole rings is 1. The number of benzene rings is 1. The molecule has 0 unspecified atom stereocenters. The maximum absolute atomic E-state index is 13.4. The molecule has 3 rings (SSSR count). The van der Waals surface area contributed by atoms with Crippen LogP contribution in [0, 0.1) is 0 Å². The van der Waals surface area contributed by atoms with Crippen LogP contribution in [-0.2, 0) is 10.9 Å². The molecule has 1 amide bonds. The SMILES string of the molecule is C=C(COC)N(C)c1ccc(NC(=O)c2nc(-c3ccccc3)oc2C(F)(F)F)cn1. The Morgan fingerprint density at radius 2 is 1.94 bits per heavy atom. The van der Waals surface area contributed by atoms with Gasteiger partial charge in [-0.3, -0.25) is 4.79 Å². The first kappa shape index (κ1) is 22.0. The summed E-state index contributed by atoms with van der Waals surface area (Å²) in [6, 6.07) is 11.1. The summed E-state index contributed by atoms with van der Waals surface area (Å²) in [5.41, 5.74) is 0.299. The van der Waals surface area contributed by atoms with Gasteiger partial charge in [0, 0.05) is 25.4 Å². The second-order valence-corrected chi connectivity index (χ2v) is 6.48. The molecule has 0 saturated carbocycles. The zero-order valence-electron chi connectivity index (χ0n) is 16.7. The van der Waals surface area contributed by atoms with Crippen molar-refractivity contribution in [3.05, 3.63) is 72.4 Å². The Kier molecular flexibility index (Phi) is 6.40. The van der Waals surface area contributed by atoms with Crippen molar-refractivity contribution in [1.82, 2.24) is 9.97 Å². The Bertz CT molecular complexity index is 1060. The van der Waals surface area contributed by atoms with Gasteiger partial charge in [-0.15, -0.1) is 0 Å². The minimum absolute atomic E-state index is 0.192. The Labute approximate surface area is 176 Å². The van der Waals surface area contributed by atoms with Crippen LogP contribution in [0.4, 0.5) is 24.7 Å². The van der Waals surface area contributed by atoms with Gasteiger partial charge in [-0.25, -0.2) is 9.97 Å². The minimum atomic E-state index is -4.89. The third kappa shape index (κ3) is 5.10. The lowest BCUT2D eigenvalue weighted by molar-refractivity contribution is -0.153. The van der Waals surface area contributed by atoms with E-state index in [1.807, 2.05) is 0 Å². The number of pyridine rings is 1. The van der Waals surface area contributed by atoms with Crippen LogP contribution in [-0.4, -0.2) is 36.6 Å². The number of alkyl halides is 3. The largest absolute Gasteiger partial charge is 0.452 e. The van der Waals surface area contributed by atoms with Gasteiger partial charge in [0.25, 0.3) is 5.91 Å². The summed E-state index contributed by atoms with van der Waals surface area (Å²) < 4.78 is 50.1. The lowest BCUT2D eigenvalue weighted by atomic mass is 10.2. The average molecular weight is 432 g/mol. The zero-order chi connectivity index (χ0) is 22.6. The van der Waals surface area contributed by atoms with E-state index in [1.165, 1.54) is 31.5 Å². The fraction of sp³-hybridized carbons (Fsp3) is 0.190. The highest BCUT2D eigenvalue weighted by atomic mass is 19.4. The standard InChI is InChI=1S/C21H19F3N4O3/c1-13(12-30-3)28(2)16-10-9-15(11-25-16)26-19(29)17-18(21(22,23)24)31-20(27-17)14-7-5-4-6-8-14/h4-11H,1,12H2,2-3H3,(H,26,29). The number of aromatic nitrogens is 2. The molecule has 0 bridgehead atoms. The molecule has 0 saturated heterocycles. The molecule has 162 valence electrons. The Morgan fingerprint density at radius 1 is 1.23 bits per heavy atom. The van der Waals surface area contributed by atoms with Gasteiger partial charge in [0.1, 0.15) is 5.82 Å². The molecular weight excluding hydrogens is 413 g/mol. The molecular formula is C21H19F3N4O3.